The predicted octanol–water partition coefficient (Wildman–Crippen LogP) is 2.07. The Bertz CT molecular complexity index is 411. The highest BCUT2D eigenvalue weighted by Crippen LogP contribution is 2.24. The second-order valence-corrected chi connectivity index (χ2v) is 3.16. The molecule has 0 aromatic heterocycles. The quantitative estimate of drug-likeness (QED) is 0.522. The number of nitro benzene ring substituents is 1. The van der Waals surface area contributed by atoms with Crippen LogP contribution in [0.15, 0.2) is 18.2 Å². The van der Waals surface area contributed by atoms with Crippen molar-refractivity contribution in [2.75, 3.05) is 10.6 Å². The van der Waals surface area contributed by atoms with Gasteiger partial charge >= 0.3 is 0 Å². The van der Waals surface area contributed by atoms with E-state index in [2.05, 4.69) is 21.2 Å². The first-order chi connectivity index (χ1) is 7.04. The number of alkyl halides is 1. The number of nitro groups is 1. The van der Waals surface area contributed by atoms with E-state index < -0.39 is 16.6 Å². The van der Waals surface area contributed by atoms with Crippen molar-refractivity contribution in [3.8, 4) is 0 Å². The summed E-state index contributed by atoms with van der Waals surface area (Å²) in [5.41, 5.74) is -0.491. The third-order valence-corrected chi connectivity index (χ3v) is 2.06. The van der Waals surface area contributed by atoms with Gasteiger partial charge in [0.25, 0.3) is 5.69 Å². The van der Waals surface area contributed by atoms with Gasteiger partial charge in [0, 0.05) is 12.1 Å². The Morgan fingerprint density at radius 1 is 1.60 bits per heavy atom. The van der Waals surface area contributed by atoms with Gasteiger partial charge in [0.2, 0.25) is 5.91 Å². The number of nitrogens with zero attached hydrogens (tertiary/aromatic N) is 1. The van der Waals surface area contributed by atoms with Crippen molar-refractivity contribution in [3.63, 3.8) is 0 Å². The van der Waals surface area contributed by atoms with E-state index in [0.29, 0.717) is 0 Å². The monoisotopic (exact) mass is 276 g/mol. The maximum Gasteiger partial charge on any atom is 0.292 e. The molecule has 1 aromatic rings. The van der Waals surface area contributed by atoms with Crippen LogP contribution >= 0.6 is 15.9 Å². The fourth-order valence-electron chi connectivity index (χ4n) is 0.951. The molecule has 0 spiro atoms. The highest BCUT2D eigenvalue weighted by atomic mass is 79.9. The summed E-state index contributed by atoms with van der Waals surface area (Å²) in [6, 6.07) is 2.86. The van der Waals surface area contributed by atoms with Crippen LogP contribution in [0.1, 0.15) is 0 Å². The number of nitrogens with one attached hydrogen (secondary N) is 1. The lowest BCUT2D eigenvalue weighted by Crippen LogP contribution is -2.13. The number of amides is 1. The summed E-state index contributed by atoms with van der Waals surface area (Å²) < 4.78 is 12.8. The minimum atomic E-state index is -0.691. The minimum Gasteiger partial charge on any atom is -0.320 e. The molecule has 7 heteroatoms. The molecule has 0 aliphatic heterocycles. The summed E-state index contributed by atoms with van der Waals surface area (Å²) in [4.78, 5) is 20.8. The van der Waals surface area contributed by atoms with Gasteiger partial charge in [-0.2, -0.15) is 0 Å². The molecule has 0 atom stereocenters. The normalized spacial score (nSPS) is 9.73. The van der Waals surface area contributed by atoms with Gasteiger partial charge in [-0.05, 0) is 6.07 Å². The molecule has 1 amide bonds. The third-order valence-electron chi connectivity index (χ3n) is 1.55. The van der Waals surface area contributed by atoms with Gasteiger partial charge in [0.05, 0.1) is 10.3 Å². The first kappa shape index (κ1) is 11.6. The fraction of sp³-hybridized carbons (Fsp3) is 0.125. The van der Waals surface area contributed by atoms with E-state index in [4.69, 9.17) is 0 Å². The number of benzene rings is 1. The predicted molar refractivity (Wildman–Crippen MR) is 55.5 cm³/mol. The smallest absolute Gasteiger partial charge is 0.292 e. The molecule has 0 heterocycles. The van der Waals surface area contributed by atoms with Crippen LogP contribution in [-0.2, 0) is 4.79 Å². The minimum absolute atomic E-state index is 0.0132. The van der Waals surface area contributed by atoms with E-state index in [1.165, 1.54) is 0 Å². The molecule has 15 heavy (non-hydrogen) atoms. The van der Waals surface area contributed by atoms with E-state index in [0.717, 1.165) is 18.2 Å². The van der Waals surface area contributed by atoms with Crippen molar-refractivity contribution < 1.29 is 14.1 Å². The maximum absolute atomic E-state index is 12.8. The molecule has 0 unspecified atom stereocenters. The largest absolute Gasteiger partial charge is 0.320 e. The summed E-state index contributed by atoms with van der Waals surface area (Å²) >= 11 is 2.88. The second-order valence-electron chi connectivity index (χ2n) is 2.60. The van der Waals surface area contributed by atoms with E-state index >= 15 is 0 Å². The lowest BCUT2D eigenvalue weighted by Gasteiger charge is -2.03. The zero-order valence-electron chi connectivity index (χ0n) is 7.37. The summed E-state index contributed by atoms with van der Waals surface area (Å²) in [6.07, 6.45) is 0. The van der Waals surface area contributed by atoms with Crippen molar-refractivity contribution in [2.24, 2.45) is 0 Å². The number of carbonyl (C=O) groups excluding carboxylic acids is 1. The topological polar surface area (TPSA) is 72.2 Å². The number of hydrogen-bond donors (Lipinski definition) is 1. The molecule has 0 saturated carbocycles. The second kappa shape index (κ2) is 4.83. The zero-order chi connectivity index (χ0) is 11.4. The molecule has 0 fully saturated rings. The van der Waals surface area contributed by atoms with Gasteiger partial charge in [-0.15, -0.1) is 0 Å². The molecule has 80 valence electrons. The zero-order valence-corrected chi connectivity index (χ0v) is 8.95. The summed E-state index contributed by atoms with van der Waals surface area (Å²) in [5, 5.41) is 12.7. The Kier molecular flexibility index (Phi) is 3.73. The van der Waals surface area contributed by atoms with Crippen LogP contribution in [0.3, 0.4) is 0 Å². The highest BCUT2D eigenvalue weighted by molar-refractivity contribution is 9.09. The van der Waals surface area contributed by atoms with Crippen LogP contribution in [0, 0.1) is 15.9 Å². The lowest BCUT2D eigenvalue weighted by molar-refractivity contribution is -0.384. The number of halogens is 2. The molecule has 1 aromatic carbocycles. The van der Waals surface area contributed by atoms with E-state index in [1.807, 2.05) is 0 Å². The van der Waals surface area contributed by atoms with Crippen LogP contribution in [0.4, 0.5) is 15.8 Å². The molecular weight excluding hydrogens is 271 g/mol. The average Bonchev–Trinajstić information content (AvgIpc) is 2.17. The van der Waals surface area contributed by atoms with Gasteiger partial charge in [-0.25, -0.2) is 4.39 Å². The van der Waals surface area contributed by atoms with E-state index in [9.17, 15) is 19.3 Å². The first-order valence-electron chi connectivity index (χ1n) is 3.84. The number of carbonyl (C=O) groups is 1. The van der Waals surface area contributed by atoms with Crippen LogP contribution in [0.5, 0.6) is 0 Å². The van der Waals surface area contributed by atoms with Crippen molar-refractivity contribution >= 4 is 33.2 Å². The van der Waals surface area contributed by atoms with Crippen molar-refractivity contribution in [1.29, 1.82) is 0 Å². The molecule has 1 rings (SSSR count). The summed E-state index contributed by atoms with van der Waals surface area (Å²) in [6.45, 7) is 0. The van der Waals surface area contributed by atoms with Gasteiger partial charge < -0.3 is 5.32 Å². The molecule has 1 N–H and O–H groups in total. The Balaban J connectivity index is 3.07. The van der Waals surface area contributed by atoms with Crippen LogP contribution in [-0.4, -0.2) is 16.2 Å². The highest BCUT2D eigenvalue weighted by Gasteiger charge is 2.15. The fourth-order valence-corrected chi connectivity index (χ4v) is 1.09. The Hall–Kier alpha value is -1.50. The Morgan fingerprint density at radius 3 is 2.80 bits per heavy atom. The number of rotatable bonds is 3. The molecular formula is C8H6BrFN2O3. The Morgan fingerprint density at radius 2 is 2.27 bits per heavy atom. The van der Waals surface area contributed by atoms with Gasteiger partial charge in [0.15, 0.2) is 0 Å². The Labute approximate surface area is 92.6 Å². The van der Waals surface area contributed by atoms with Crippen molar-refractivity contribution in [1.82, 2.24) is 0 Å². The van der Waals surface area contributed by atoms with Gasteiger partial charge in [-0.3, -0.25) is 14.9 Å². The molecule has 0 aliphatic carbocycles. The van der Waals surface area contributed by atoms with Gasteiger partial charge in [0.1, 0.15) is 11.5 Å². The van der Waals surface area contributed by atoms with Gasteiger partial charge in [-0.1, -0.05) is 15.9 Å². The maximum atomic E-state index is 12.8. The first-order valence-corrected chi connectivity index (χ1v) is 4.96. The van der Waals surface area contributed by atoms with Crippen LogP contribution in [0.2, 0.25) is 0 Å². The van der Waals surface area contributed by atoms with Crippen LogP contribution in [0.25, 0.3) is 0 Å². The number of anilines is 1. The standard InChI is InChI=1S/C8H6BrFN2O3/c9-4-8(13)11-6-3-5(10)1-2-7(6)12(14)15/h1-3H,4H2,(H,11,13). The van der Waals surface area contributed by atoms with Crippen molar-refractivity contribution in [2.45, 2.75) is 0 Å². The van der Waals surface area contributed by atoms with E-state index in [-0.39, 0.29) is 16.7 Å². The molecule has 0 saturated heterocycles. The SMILES string of the molecule is O=C(CBr)Nc1cc(F)ccc1[N+](=O)[O-]. The molecule has 0 aliphatic rings. The lowest BCUT2D eigenvalue weighted by atomic mass is 10.2. The number of hydrogen-bond acceptors (Lipinski definition) is 3. The van der Waals surface area contributed by atoms with Crippen LogP contribution < -0.4 is 5.32 Å². The summed E-state index contributed by atoms with van der Waals surface area (Å²) in [5.74, 6) is -1.13. The summed E-state index contributed by atoms with van der Waals surface area (Å²) in [7, 11) is 0. The van der Waals surface area contributed by atoms with E-state index in [1.54, 1.807) is 0 Å². The molecule has 0 radical (unpaired) electrons. The molecule has 5 nitrogen and oxygen atoms in total. The third kappa shape index (κ3) is 2.98. The average molecular weight is 277 g/mol. The molecule has 0 bridgehead atoms. The van der Waals surface area contributed by atoms with Crippen molar-refractivity contribution in [3.05, 3.63) is 34.1 Å².